The molecule has 27 heavy (non-hydrogen) atoms. The second-order valence-electron chi connectivity index (χ2n) is 6.50. The Bertz CT molecular complexity index is 896. The van der Waals surface area contributed by atoms with Crippen LogP contribution in [0.3, 0.4) is 0 Å². The molecule has 1 aliphatic heterocycles. The number of nitrogens with one attached hydrogen (secondary N) is 2. The topological polar surface area (TPSA) is 123 Å². The number of hydrogen-bond acceptors (Lipinski definition) is 4. The highest BCUT2D eigenvalue weighted by Gasteiger charge is 2.30. The van der Waals surface area contributed by atoms with Crippen molar-refractivity contribution in [2.75, 3.05) is 18.4 Å². The van der Waals surface area contributed by atoms with Gasteiger partial charge in [-0.2, -0.15) is 0 Å². The van der Waals surface area contributed by atoms with Gasteiger partial charge in [-0.05, 0) is 44.1 Å². The van der Waals surface area contributed by atoms with Crippen LogP contribution in [0.15, 0.2) is 36.5 Å². The number of carbonyl (C=O) groups is 3. The van der Waals surface area contributed by atoms with Crippen molar-refractivity contribution >= 4 is 34.4 Å². The Hall–Kier alpha value is -3.13. The van der Waals surface area contributed by atoms with Crippen molar-refractivity contribution in [2.45, 2.75) is 25.3 Å². The number of carboxylic acids is 2. The van der Waals surface area contributed by atoms with Crippen molar-refractivity contribution < 1.29 is 24.6 Å². The SMILES string of the molecule is O=C(O)C=CC(=O)Nc1ccc2[nH]cc(C(C(=O)O)N3CCCCC3)c2c1. The second-order valence-corrected chi connectivity index (χ2v) is 6.50. The number of likely N-dealkylation sites (tertiary alicyclic amines) is 1. The van der Waals surface area contributed by atoms with Crippen LogP contribution in [-0.2, 0) is 14.4 Å². The highest BCUT2D eigenvalue weighted by atomic mass is 16.4. The summed E-state index contributed by atoms with van der Waals surface area (Å²) in [7, 11) is 0. The number of piperidine rings is 1. The molecule has 0 aliphatic carbocycles. The average Bonchev–Trinajstić information content (AvgIpc) is 3.04. The zero-order valence-corrected chi connectivity index (χ0v) is 14.6. The molecule has 0 radical (unpaired) electrons. The normalized spacial score (nSPS) is 16.4. The maximum absolute atomic E-state index is 12.0. The number of rotatable bonds is 6. The van der Waals surface area contributed by atoms with Gasteiger partial charge in [-0.25, -0.2) is 4.79 Å². The lowest BCUT2D eigenvalue weighted by Crippen LogP contribution is -2.37. The summed E-state index contributed by atoms with van der Waals surface area (Å²) >= 11 is 0. The molecule has 0 saturated carbocycles. The summed E-state index contributed by atoms with van der Waals surface area (Å²) in [4.78, 5) is 39.3. The number of amides is 1. The number of H-pyrrole nitrogens is 1. The van der Waals surface area contributed by atoms with Gasteiger partial charge in [-0.15, -0.1) is 0 Å². The monoisotopic (exact) mass is 371 g/mol. The fraction of sp³-hybridized carbons (Fsp3) is 0.316. The first-order chi connectivity index (χ1) is 13.0. The molecule has 4 N–H and O–H groups in total. The van der Waals surface area contributed by atoms with Crippen LogP contribution in [0.1, 0.15) is 30.9 Å². The molecule has 0 spiro atoms. The number of carboxylic acid groups (broad SMARTS) is 2. The van der Waals surface area contributed by atoms with Crippen LogP contribution in [0.2, 0.25) is 0 Å². The summed E-state index contributed by atoms with van der Waals surface area (Å²) in [5.74, 6) is -2.68. The van der Waals surface area contributed by atoms with Gasteiger partial charge in [0.2, 0.25) is 5.91 Å². The van der Waals surface area contributed by atoms with Gasteiger partial charge in [-0.1, -0.05) is 6.42 Å². The fourth-order valence-corrected chi connectivity index (χ4v) is 3.44. The Kier molecular flexibility index (Phi) is 5.56. The maximum atomic E-state index is 12.0. The van der Waals surface area contributed by atoms with Gasteiger partial charge in [0, 0.05) is 40.5 Å². The quantitative estimate of drug-likeness (QED) is 0.578. The number of anilines is 1. The molecule has 1 saturated heterocycles. The molecule has 1 fully saturated rings. The number of carbonyl (C=O) groups excluding carboxylic acids is 1. The molecule has 1 aromatic carbocycles. The number of aliphatic carboxylic acids is 2. The first-order valence-corrected chi connectivity index (χ1v) is 8.75. The fourth-order valence-electron chi connectivity index (χ4n) is 3.44. The van der Waals surface area contributed by atoms with Crippen LogP contribution < -0.4 is 5.32 Å². The largest absolute Gasteiger partial charge is 0.480 e. The van der Waals surface area contributed by atoms with Gasteiger partial charge in [0.05, 0.1) is 0 Å². The molecule has 2 aromatic rings. The molecule has 2 heterocycles. The predicted octanol–water partition coefficient (Wildman–Crippen LogP) is 2.36. The third-order valence-corrected chi connectivity index (χ3v) is 4.64. The zero-order chi connectivity index (χ0) is 19.4. The molecule has 1 unspecified atom stereocenters. The molecule has 1 atom stereocenters. The van der Waals surface area contributed by atoms with E-state index in [4.69, 9.17) is 5.11 Å². The highest BCUT2D eigenvalue weighted by molar-refractivity contribution is 6.03. The Morgan fingerprint density at radius 2 is 1.85 bits per heavy atom. The number of nitrogens with zero attached hydrogens (tertiary/aromatic N) is 1. The van der Waals surface area contributed by atoms with E-state index < -0.39 is 23.9 Å². The van der Waals surface area contributed by atoms with E-state index in [2.05, 4.69) is 10.3 Å². The number of aromatic amines is 1. The molecule has 1 amide bonds. The molecule has 8 nitrogen and oxygen atoms in total. The van der Waals surface area contributed by atoms with Crippen molar-refractivity contribution in [3.05, 3.63) is 42.1 Å². The minimum Gasteiger partial charge on any atom is -0.480 e. The summed E-state index contributed by atoms with van der Waals surface area (Å²) in [5.41, 5.74) is 1.88. The van der Waals surface area contributed by atoms with E-state index in [0.717, 1.165) is 50.0 Å². The summed E-state index contributed by atoms with van der Waals surface area (Å²) in [6.45, 7) is 1.47. The molecule has 3 rings (SSSR count). The van der Waals surface area contributed by atoms with Crippen molar-refractivity contribution in [3.63, 3.8) is 0 Å². The van der Waals surface area contributed by atoms with E-state index >= 15 is 0 Å². The van der Waals surface area contributed by atoms with Crippen LogP contribution in [0.5, 0.6) is 0 Å². The van der Waals surface area contributed by atoms with Gasteiger partial charge in [0.1, 0.15) is 6.04 Å². The highest BCUT2D eigenvalue weighted by Crippen LogP contribution is 2.32. The molecule has 1 aliphatic rings. The lowest BCUT2D eigenvalue weighted by Gasteiger charge is -2.31. The Balaban J connectivity index is 1.90. The summed E-state index contributed by atoms with van der Waals surface area (Å²) < 4.78 is 0. The van der Waals surface area contributed by atoms with Gasteiger partial charge < -0.3 is 20.5 Å². The van der Waals surface area contributed by atoms with E-state index in [1.54, 1.807) is 24.4 Å². The molecular weight excluding hydrogens is 350 g/mol. The summed E-state index contributed by atoms with van der Waals surface area (Å²) in [6.07, 6.45) is 6.45. The molecule has 142 valence electrons. The van der Waals surface area contributed by atoms with Gasteiger partial charge in [-0.3, -0.25) is 14.5 Å². The average molecular weight is 371 g/mol. The van der Waals surface area contributed by atoms with E-state index in [1.807, 2.05) is 4.90 Å². The molecule has 1 aromatic heterocycles. The minimum atomic E-state index is -1.21. The summed E-state index contributed by atoms with van der Waals surface area (Å²) in [6, 6.07) is 4.38. The standard InChI is InChI=1S/C19H21N3O5/c23-16(6-7-17(24)25)21-12-4-5-15-13(10-12)14(11-20-15)18(19(26)27)22-8-2-1-3-9-22/h4-7,10-11,18,20H,1-3,8-9H2,(H,21,23)(H,24,25)(H,26,27). The summed E-state index contributed by atoms with van der Waals surface area (Å²) in [5, 5.41) is 21.7. The second kappa shape index (κ2) is 8.05. The first-order valence-electron chi connectivity index (χ1n) is 8.75. The van der Waals surface area contributed by atoms with Gasteiger partial charge in [0.15, 0.2) is 0 Å². The maximum Gasteiger partial charge on any atom is 0.328 e. The van der Waals surface area contributed by atoms with Crippen molar-refractivity contribution in [1.29, 1.82) is 0 Å². The molecular formula is C19H21N3O5. The van der Waals surface area contributed by atoms with Crippen molar-refractivity contribution in [2.24, 2.45) is 0 Å². The third kappa shape index (κ3) is 4.35. The van der Waals surface area contributed by atoms with Gasteiger partial charge >= 0.3 is 11.9 Å². The third-order valence-electron chi connectivity index (χ3n) is 4.64. The number of aromatic nitrogens is 1. The lowest BCUT2D eigenvalue weighted by molar-refractivity contribution is -0.144. The lowest BCUT2D eigenvalue weighted by atomic mass is 10.0. The minimum absolute atomic E-state index is 0.464. The Morgan fingerprint density at radius 3 is 2.52 bits per heavy atom. The first kappa shape index (κ1) is 18.7. The number of fused-ring (bicyclic) bond motifs is 1. The number of benzene rings is 1. The van der Waals surface area contributed by atoms with E-state index in [0.29, 0.717) is 16.6 Å². The van der Waals surface area contributed by atoms with Crippen LogP contribution in [0.25, 0.3) is 10.9 Å². The Morgan fingerprint density at radius 1 is 1.11 bits per heavy atom. The van der Waals surface area contributed by atoms with Crippen molar-refractivity contribution in [1.82, 2.24) is 9.88 Å². The smallest absolute Gasteiger partial charge is 0.328 e. The number of hydrogen-bond donors (Lipinski definition) is 4. The molecule has 8 heteroatoms. The predicted molar refractivity (Wildman–Crippen MR) is 99.5 cm³/mol. The Labute approximate surface area is 155 Å². The van der Waals surface area contributed by atoms with E-state index in [1.165, 1.54) is 0 Å². The van der Waals surface area contributed by atoms with Crippen LogP contribution >= 0.6 is 0 Å². The van der Waals surface area contributed by atoms with Crippen LogP contribution in [0, 0.1) is 0 Å². The molecule has 0 bridgehead atoms. The van der Waals surface area contributed by atoms with Crippen LogP contribution in [0.4, 0.5) is 5.69 Å². The zero-order valence-electron chi connectivity index (χ0n) is 14.6. The van der Waals surface area contributed by atoms with E-state index in [9.17, 15) is 19.5 Å². The van der Waals surface area contributed by atoms with Crippen molar-refractivity contribution in [3.8, 4) is 0 Å². The van der Waals surface area contributed by atoms with Crippen LogP contribution in [-0.4, -0.2) is 51.0 Å². The van der Waals surface area contributed by atoms with E-state index in [-0.39, 0.29) is 0 Å². The van der Waals surface area contributed by atoms with Gasteiger partial charge in [0.25, 0.3) is 0 Å².